The Hall–Kier alpha value is -1.33. The van der Waals surface area contributed by atoms with Gasteiger partial charge in [-0.3, -0.25) is 4.79 Å². The molecule has 1 saturated heterocycles. The molecule has 1 saturated carbocycles. The number of carbonyl (C=O) groups is 1. The monoisotopic (exact) mass is 306 g/mol. The van der Waals surface area contributed by atoms with E-state index in [0.717, 1.165) is 12.1 Å². The highest BCUT2D eigenvalue weighted by Gasteiger charge is 2.37. The van der Waals surface area contributed by atoms with Gasteiger partial charge in [0, 0.05) is 33.0 Å². The summed E-state index contributed by atoms with van der Waals surface area (Å²) in [6.07, 6.45) is 7.89. The largest absolute Gasteiger partial charge is 0.383 e. The van der Waals surface area contributed by atoms with Gasteiger partial charge in [-0.15, -0.1) is 0 Å². The van der Waals surface area contributed by atoms with E-state index in [4.69, 9.17) is 9.47 Å². The Labute approximate surface area is 132 Å². The number of likely N-dealkylation sites (tertiary alicyclic amines) is 1. The number of rotatable bonds is 5. The summed E-state index contributed by atoms with van der Waals surface area (Å²) in [6.45, 7) is 1.22. The molecule has 3 rings (SSSR count). The van der Waals surface area contributed by atoms with E-state index in [-0.39, 0.29) is 18.1 Å². The Balaban J connectivity index is 1.79. The third-order valence-corrected chi connectivity index (χ3v) is 5.05. The fourth-order valence-electron chi connectivity index (χ4n) is 3.87. The summed E-state index contributed by atoms with van der Waals surface area (Å²) in [4.78, 5) is 15.0. The van der Waals surface area contributed by atoms with Crippen LogP contribution in [0.5, 0.6) is 0 Å². The van der Waals surface area contributed by atoms with Gasteiger partial charge in [-0.1, -0.05) is 12.8 Å². The average molecular weight is 306 g/mol. The van der Waals surface area contributed by atoms with Gasteiger partial charge in [0.05, 0.1) is 18.8 Å². The highest BCUT2D eigenvalue weighted by molar-refractivity contribution is 5.93. The van der Waals surface area contributed by atoms with Gasteiger partial charge in [0.15, 0.2) is 0 Å². The molecule has 1 aromatic rings. The van der Waals surface area contributed by atoms with Crippen molar-refractivity contribution in [2.75, 3.05) is 27.4 Å². The molecule has 1 aliphatic heterocycles. The van der Waals surface area contributed by atoms with Crippen LogP contribution < -0.4 is 0 Å². The first-order chi connectivity index (χ1) is 10.7. The van der Waals surface area contributed by atoms with Gasteiger partial charge >= 0.3 is 0 Å². The van der Waals surface area contributed by atoms with Crippen molar-refractivity contribution in [2.24, 2.45) is 0 Å². The first-order valence-electron chi connectivity index (χ1n) is 8.24. The van der Waals surface area contributed by atoms with Crippen LogP contribution in [0.4, 0.5) is 0 Å². The minimum atomic E-state index is 0.106. The summed E-state index contributed by atoms with van der Waals surface area (Å²) in [7, 11) is 3.40. The zero-order valence-corrected chi connectivity index (χ0v) is 13.5. The molecular formula is C17H26N2O3. The summed E-state index contributed by atoms with van der Waals surface area (Å²) in [5.41, 5.74) is 0.810. The highest BCUT2D eigenvalue weighted by atomic mass is 16.5. The van der Waals surface area contributed by atoms with Gasteiger partial charge < -0.3 is 18.9 Å². The van der Waals surface area contributed by atoms with Crippen LogP contribution in [0.25, 0.3) is 0 Å². The summed E-state index contributed by atoms with van der Waals surface area (Å²) < 4.78 is 12.9. The van der Waals surface area contributed by atoms with Crippen LogP contribution in [-0.2, 0) is 9.47 Å². The number of carbonyl (C=O) groups excluding carboxylic acids is 1. The van der Waals surface area contributed by atoms with E-state index in [1.165, 1.54) is 25.7 Å². The number of nitrogens with zero attached hydrogens (tertiary/aromatic N) is 2. The number of aromatic nitrogens is 1. The average Bonchev–Trinajstić information content (AvgIpc) is 3.26. The van der Waals surface area contributed by atoms with Crippen LogP contribution in [0, 0.1) is 0 Å². The minimum absolute atomic E-state index is 0.106. The molecule has 0 radical (unpaired) electrons. The number of hydrogen-bond acceptors (Lipinski definition) is 3. The van der Waals surface area contributed by atoms with Gasteiger partial charge in [-0.05, 0) is 31.4 Å². The molecule has 0 bridgehead atoms. The predicted octanol–water partition coefficient (Wildman–Crippen LogP) is 2.48. The van der Waals surface area contributed by atoms with Crippen molar-refractivity contribution in [2.45, 2.75) is 50.3 Å². The van der Waals surface area contributed by atoms with Crippen molar-refractivity contribution in [3.63, 3.8) is 0 Å². The highest BCUT2D eigenvalue weighted by Crippen LogP contribution is 2.32. The van der Waals surface area contributed by atoms with Gasteiger partial charge in [0.1, 0.15) is 5.69 Å². The van der Waals surface area contributed by atoms with E-state index >= 15 is 0 Å². The Morgan fingerprint density at radius 3 is 2.77 bits per heavy atom. The zero-order chi connectivity index (χ0) is 15.5. The lowest BCUT2D eigenvalue weighted by molar-refractivity contribution is 0.0600. The van der Waals surface area contributed by atoms with Crippen LogP contribution in [0.1, 0.15) is 48.6 Å². The second kappa shape index (κ2) is 6.84. The molecule has 0 unspecified atom stereocenters. The first-order valence-corrected chi connectivity index (χ1v) is 8.24. The van der Waals surface area contributed by atoms with Crippen LogP contribution >= 0.6 is 0 Å². The van der Waals surface area contributed by atoms with Crippen molar-refractivity contribution in [3.05, 3.63) is 24.0 Å². The van der Waals surface area contributed by atoms with E-state index in [0.29, 0.717) is 19.2 Å². The molecule has 1 aliphatic carbocycles. The molecule has 2 heterocycles. The van der Waals surface area contributed by atoms with Crippen molar-refractivity contribution in [1.29, 1.82) is 0 Å². The third kappa shape index (κ3) is 2.92. The number of hydrogen-bond donors (Lipinski definition) is 0. The molecule has 0 spiro atoms. The molecule has 5 nitrogen and oxygen atoms in total. The Morgan fingerprint density at radius 1 is 1.32 bits per heavy atom. The molecule has 1 aromatic heterocycles. The number of amides is 1. The van der Waals surface area contributed by atoms with E-state index in [1.807, 2.05) is 17.0 Å². The van der Waals surface area contributed by atoms with E-state index < -0.39 is 0 Å². The minimum Gasteiger partial charge on any atom is -0.383 e. The second-order valence-electron chi connectivity index (χ2n) is 6.40. The topological polar surface area (TPSA) is 43.7 Å². The smallest absolute Gasteiger partial charge is 0.270 e. The number of methoxy groups -OCH3 is 2. The standard InChI is InChI=1S/C17H26N2O3/c1-21-12-14-10-15(22-2)11-19(14)17(20)16-8-5-9-18(16)13-6-3-4-7-13/h5,8-9,13-15H,3-4,6-7,10-12H2,1-2H3/t14-,15+/m0/s1. The van der Waals surface area contributed by atoms with E-state index in [2.05, 4.69) is 10.8 Å². The van der Waals surface area contributed by atoms with Crippen LogP contribution in [0.15, 0.2) is 18.3 Å². The first kappa shape index (κ1) is 15.6. The van der Waals surface area contributed by atoms with Crippen LogP contribution in [0.3, 0.4) is 0 Å². The molecule has 0 aromatic carbocycles. The van der Waals surface area contributed by atoms with E-state index in [1.54, 1.807) is 14.2 Å². The molecule has 2 aliphatic rings. The third-order valence-electron chi connectivity index (χ3n) is 5.05. The molecule has 0 N–H and O–H groups in total. The maximum Gasteiger partial charge on any atom is 0.270 e. The Bertz CT molecular complexity index is 508. The SMILES string of the molecule is COC[C@@H]1C[C@@H](OC)CN1C(=O)c1cccn1C1CCCC1. The Kier molecular flexibility index (Phi) is 4.84. The maximum absolute atomic E-state index is 13.0. The molecule has 122 valence electrons. The molecule has 5 heteroatoms. The molecular weight excluding hydrogens is 280 g/mol. The maximum atomic E-state index is 13.0. The molecule has 22 heavy (non-hydrogen) atoms. The van der Waals surface area contributed by atoms with Gasteiger partial charge in [-0.2, -0.15) is 0 Å². The lowest BCUT2D eigenvalue weighted by atomic mass is 10.2. The zero-order valence-electron chi connectivity index (χ0n) is 13.5. The summed E-state index contributed by atoms with van der Waals surface area (Å²) in [5, 5.41) is 0. The lowest BCUT2D eigenvalue weighted by Gasteiger charge is -2.25. The molecule has 2 fully saturated rings. The van der Waals surface area contributed by atoms with Crippen LogP contribution in [0.2, 0.25) is 0 Å². The van der Waals surface area contributed by atoms with Gasteiger partial charge in [-0.25, -0.2) is 0 Å². The summed E-state index contributed by atoms with van der Waals surface area (Å²) >= 11 is 0. The summed E-state index contributed by atoms with van der Waals surface area (Å²) in [5.74, 6) is 0.110. The van der Waals surface area contributed by atoms with Gasteiger partial charge in [0.25, 0.3) is 5.91 Å². The predicted molar refractivity (Wildman–Crippen MR) is 84.1 cm³/mol. The van der Waals surface area contributed by atoms with Gasteiger partial charge in [0.2, 0.25) is 0 Å². The fraction of sp³-hybridized carbons (Fsp3) is 0.706. The molecule has 1 amide bonds. The lowest BCUT2D eigenvalue weighted by Crippen LogP contribution is -2.39. The quantitative estimate of drug-likeness (QED) is 0.839. The second-order valence-corrected chi connectivity index (χ2v) is 6.40. The van der Waals surface area contributed by atoms with Crippen molar-refractivity contribution < 1.29 is 14.3 Å². The summed E-state index contributed by atoms with van der Waals surface area (Å²) in [6, 6.07) is 4.52. The van der Waals surface area contributed by atoms with Crippen molar-refractivity contribution in [1.82, 2.24) is 9.47 Å². The van der Waals surface area contributed by atoms with Crippen molar-refractivity contribution in [3.8, 4) is 0 Å². The number of ether oxygens (including phenoxy) is 2. The van der Waals surface area contributed by atoms with E-state index in [9.17, 15) is 4.79 Å². The van der Waals surface area contributed by atoms with Crippen LogP contribution in [-0.4, -0.2) is 54.9 Å². The van der Waals surface area contributed by atoms with Crippen molar-refractivity contribution >= 4 is 5.91 Å². The molecule has 2 atom stereocenters. The fourth-order valence-corrected chi connectivity index (χ4v) is 3.87. The normalized spacial score (nSPS) is 26.0. The Morgan fingerprint density at radius 2 is 2.09 bits per heavy atom.